The van der Waals surface area contributed by atoms with Gasteiger partial charge in [-0.25, -0.2) is 4.68 Å². The first-order valence-electron chi connectivity index (χ1n) is 8.81. The van der Waals surface area contributed by atoms with Crippen molar-refractivity contribution in [3.8, 4) is 28.2 Å². The van der Waals surface area contributed by atoms with Crippen LogP contribution in [0.4, 0.5) is 0 Å². The van der Waals surface area contributed by atoms with Crippen molar-refractivity contribution in [1.82, 2.24) is 9.78 Å². The van der Waals surface area contributed by atoms with Crippen molar-refractivity contribution in [3.05, 3.63) is 92.9 Å². The third-order valence-electron chi connectivity index (χ3n) is 4.57. The van der Waals surface area contributed by atoms with E-state index in [9.17, 15) is 0 Å². The van der Waals surface area contributed by atoms with Crippen molar-refractivity contribution < 1.29 is 0 Å². The summed E-state index contributed by atoms with van der Waals surface area (Å²) in [7, 11) is 0. The Morgan fingerprint density at radius 2 is 1.17 bits per heavy atom. The Morgan fingerprint density at radius 1 is 0.690 bits per heavy atom. The van der Waals surface area contributed by atoms with Gasteiger partial charge in [-0.3, -0.25) is 0 Å². The van der Waals surface area contributed by atoms with Crippen molar-refractivity contribution in [2.24, 2.45) is 0 Å². The fraction of sp³-hybridized carbons (Fsp3) is 0.0870. The smallest absolute Gasteiger partial charge is 0.112 e. The molecule has 4 aromatic rings. The molecule has 3 aromatic carbocycles. The summed E-state index contributed by atoms with van der Waals surface area (Å²) in [6, 6.07) is 21.7. The van der Waals surface area contributed by atoms with Crippen LogP contribution in [0.1, 0.15) is 11.1 Å². The van der Waals surface area contributed by atoms with Gasteiger partial charge in [0.1, 0.15) is 5.69 Å². The molecule has 1 aromatic heterocycles. The summed E-state index contributed by atoms with van der Waals surface area (Å²) in [6.07, 6.45) is 0. The first-order valence-corrected chi connectivity index (χ1v) is 9.95. The van der Waals surface area contributed by atoms with E-state index >= 15 is 0 Å². The number of hydrogen-bond acceptors (Lipinski definition) is 1. The Hall–Kier alpha value is -1.97. The molecule has 6 heteroatoms. The quantitative estimate of drug-likeness (QED) is 0.299. The molecule has 1 heterocycles. The summed E-state index contributed by atoms with van der Waals surface area (Å²) in [5, 5.41) is 6.50. The predicted molar refractivity (Wildman–Crippen MR) is 126 cm³/mol. The highest BCUT2D eigenvalue weighted by molar-refractivity contribution is 6.36. The molecule has 0 fully saturated rings. The topological polar surface area (TPSA) is 17.8 Å². The summed E-state index contributed by atoms with van der Waals surface area (Å²) in [5.74, 6) is 0. The number of nitrogens with zero attached hydrogens (tertiary/aromatic N) is 2. The van der Waals surface area contributed by atoms with Gasteiger partial charge >= 0.3 is 0 Å². The van der Waals surface area contributed by atoms with Crippen LogP contribution in [0.3, 0.4) is 0 Å². The Balaban J connectivity index is 0.00000240. The molecule has 2 nitrogen and oxygen atoms in total. The van der Waals surface area contributed by atoms with Crippen LogP contribution in [-0.4, -0.2) is 9.78 Å². The van der Waals surface area contributed by atoms with Crippen molar-refractivity contribution in [3.63, 3.8) is 0 Å². The highest BCUT2D eigenvalue weighted by Crippen LogP contribution is 2.38. The van der Waals surface area contributed by atoms with E-state index in [1.807, 2.05) is 48.5 Å². The van der Waals surface area contributed by atoms with Gasteiger partial charge < -0.3 is 0 Å². The second-order valence-electron chi connectivity index (χ2n) is 6.78. The SMILES string of the molecule is Cc1ccc(-c2nn(-c3cc(Cl)cc(Cl)c3)c(-c3ccc(C)cc3)c2Cl)cc1.Cl. The molecule has 0 saturated carbocycles. The lowest BCUT2D eigenvalue weighted by atomic mass is 10.1. The second-order valence-corrected chi connectivity index (χ2v) is 8.03. The fourth-order valence-electron chi connectivity index (χ4n) is 3.10. The van der Waals surface area contributed by atoms with Gasteiger partial charge in [0.2, 0.25) is 0 Å². The minimum atomic E-state index is 0. The number of aryl methyl sites for hydroxylation is 2. The van der Waals surface area contributed by atoms with E-state index in [0.717, 1.165) is 22.5 Å². The van der Waals surface area contributed by atoms with Gasteiger partial charge in [-0.15, -0.1) is 12.4 Å². The maximum Gasteiger partial charge on any atom is 0.112 e. The highest BCUT2D eigenvalue weighted by Gasteiger charge is 2.20. The molecular weight excluding hydrogens is 446 g/mol. The molecule has 0 bridgehead atoms. The van der Waals surface area contributed by atoms with Crippen LogP contribution in [0.2, 0.25) is 15.1 Å². The van der Waals surface area contributed by atoms with Gasteiger partial charge in [-0.05, 0) is 32.0 Å². The minimum absolute atomic E-state index is 0. The average Bonchev–Trinajstić information content (AvgIpc) is 3.00. The molecule has 0 aliphatic rings. The van der Waals surface area contributed by atoms with Gasteiger partial charge in [-0.2, -0.15) is 5.10 Å². The number of hydrogen-bond donors (Lipinski definition) is 0. The van der Waals surface area contributed by atoms with E-state index in [1.165, 1.54) is 11.1 Å². The van der Waals surface area contributed by atoms with Crippen LogP contribution < -0.4 is 0 Å². The molecular formula is C23H18Cl4N2. The maximum atomic E-state index is 6.86. The third-order valence-corrected chi connectivity index (χ3v) is 5.36. The zero-order chi connectivity index (χ0) is 19.8. The summed E-state index contributed by atoms with van der Waals surface area (Å²) in [6.45, 7) is 4.10. The van der Waals surface area contributed by atoms with Crippen LogP contribution >= 0.6 is 47.2 Å². The van der Waals surface area contributed by atoms with Gasteiger partial charge in [0.15, 0.2) is 0 Å². The summed E-state index contributed by atoms with van der Waals surface area (Å²) in [4.78, 5) is 0. The van der Waals surface area contributed by atoms with E-state index < -0.39 is 0 Å². The molecule has 148 valence electrons. The van der Waals surface area contributed by atoms with Crippen LogP contribution in [-0.2, 0) is 0 Å². The fourth-order valence-corrected chi connectivity index (χ4v) is 3.95. The van der Waals surface area contributed by atoms with Crippen LogP contribution in [0.15, 0.2) is 66.7 Å². The minimum Gasteiger partial charge on any atom is -0.231 e. The Bertz CT molecular complexity index is 1130. The van der Waals surface area contributed by atoms with Crippen molar-refractivity contribution in [2.75, 3.05) is 0 Å². The Labute approximate surface area is 191 Å². The second kappa shape index (κ2) is 8.81. The largest absolute Gasteiger partial charge is 0.231 e. The molecule has 0 spiro atoms. The molecule has 0 radical (unpaired) electrons. The lowest BCUT2D eigenvalue weighted by Gasteiger charge is -2.09. The molecule has 0 N–H and O–H groups in total. The molecule has 0 aliphatic heterocycles. The Morgan fingerprint density at radius 3 is 1.69 bits per heavy atom. The van der Waals surface area contributed by atoms with Crippen molar-refractivity contribution >= 4 is 47.2 Å². The molecule has 0 amide bonds. The van der Waals surface area contributed by atoms with E-state index in [2.05, 4.69) is 26.0 Å². The van der Waals surface area contributed by atoms with Gasteiger partial charge in [-0.1, -0.05) is 94.5 Å². The molecule has 0 unspecified atom stereocenters. The first-order chi connectivity index (χ1) is 13.4. The standard InChI is InChI=1S/C23H17Cl3N2.ClH/c1-14-3-7-16(8-4-14)22-21(26)23(17-9-5-15(2)6-10-17)28(27-22)20-12-18(24)11-19(25)13-20;/h3-13H,1-2H3;1H. The number of rotatable bonds is 3. The number of aromatic nitrogens is 2. The van der Waals surface area contributed by atoms with Crippen LogP contribution in [0, 0.1) is 13.8 Å². The maximum absolute atomic E-state index is 6.86. The molecule has 29 heavy (non-hydrogen) atoms. The van der Waals surface area contributed by atoms with Crippen LogP contribution in [0.5, 0.6) is 0 Å². The average molecular weight is 464 g/mol. The van der Waals surface area contributed by atoms with Crippen molar-refractivity contribution in [1.29, 1.82) is 0 Å². The predicted octanol–water partition coefficient (Wildman–Crippen LogP) is 8.21. The van der Waals surface area contributed by atoms with E-state index in [1.54, 1.807) is 10.7 Å². The molecule has 0 aliphatic carbocycles. The highest BCUT2D eigenvalue weighted by atomic mass is 35.5. The normalized spacial score (nSPS) is 10.7. The first kappa shape index (κ1) is 21.7. The van der Waals surface area contributed by atoms with Gasteiger partial charge in [0.25, 0.3) is 0 Å². The summed E-state index contributed by atoms with van der Waals surface area (Å²) in [5.41, 5.74) is 6.56. The van der Waals surface area contributed by atoms with Gasteiger partial charge in [0.05, 0.1) is 16.4 Å². The van der Waals surface area contributed by atoms with E-state index in [-0.39, 0.29) is 12.4 Å². The zero-order valence-electron chi connectivity index (χ0n) is 15.8. The molecule has 4 rings (SSSR count). The zero-order valence-corrected chi connectivity index (χ0v) is 18.9. The summed E-state index contributed by atoms with van der Waals surface area (Å²) < 4.78 is 1.81. The van der Waals surface area contributed by atoms with Gasteiger partial charge in [0, 0.05) is 21.2 Å². The monoisotopic (exact) mass is 462 g/mol. The van der Waals surface area contributed by atoms with E-state index in [4.69, 9.17) is 39.9 Å². The third kappa shape index (κ3) is 4.46. The molecule has 0 saturated heterocycles. The van der Waals surface area contributed by atoms with Crippen LogP contribution in [0.25, 0.3) is 28.2 Å². The lowest BCUT2D eigenvalue weighted by molar-refractivity contribution is 0.892. The molecule has 0 atom stereocenters. The summed E-state index contributed by atoms with van der Waals surface area (Å²) >= 11 is 19.3. The lowest BCUT2D eigenvalue weighted by Crippen LogP contribution is -1.99. The number of halogens is 4. The van der Waals surface area contributed by atoms with Crippen molar-refractivity contribution in [2.45, 2.75) is 13.8 Å². The Kier molecular flexibility index (Phi) is 6.60. The van der Waals surface area contributed by atoms with E-state index in [0.29, 0.717) is 20.8 Å². The number of benzene rings is 3.